The normalized spacial score (nSPS) is 15.2. The maximum atomic E-state index is 12.7. The van der Waals surface area contributed by atoms with E-state index in [0.717, 1.165) is 37.8 Å². The lowest BCUT2D eigenvalue weighted by Gasteiger charge is -2.36. The molecule has 0 aliphatic carbocycles. The number of fused-ring (bicyclic) bond motifs is 1. The number of rotatable bonds is 4. The number of benzene rings is 1. The van der Waals surface area contributed by atoms with Crippen LogP contribution in [0.1, 0.15) is 10.4 Å². The topological polar surface area (TPSA) is 79.8 Å². The number of ether oxygens (including phenoxy) is 2. The molecule has 5 rings (SSSR count). The van der Waals surface area contributed by atoms with Crippen molar-refractivity contribution in [3.8, 4) is 11.5 Å². The number of nitrogens with one attached hydrogen (secondary N) is 1. The summed E-state index contributed by atoms with van der Waals surface area (Å²) >= 11 is 0. The van der Waals surface area contributed by atoms with Crippen molar-refractivity contribution in [3.63, 3.8) is 0 Å². The van der Waals surface area contributed by atoms with Gasteiger partial charge in [0.2, 0.25) is 6.79 Å². The van der Waals surface area contributed by atoms with Crippen molar-refractivity contribution in [2.24, 2.45) is 0 Å². The van der Waals surface area contributed by atoms with E-state index >= 15 is 0 Å². The summed E-state index contributed by atoms with van der Waals surface area (Å²) in [4.78, 5) is 26.1. The standard InChI is InChI=1S/C22H21N5O3/c28-22(25-17-4-5-18-19(14-17)30-15-29-18)16-6-8-24-21(13-16)27-11-9-26(10-12-27)20-3-1-2-7-23-20/h1-8,13-14H,9-12,15H2,(H,25,28). The monoisotopic (exact) mass is 403 g/mol. The third-order valence-electron chi connectivity index (χ3n) is 5.22. The van der Waals surface area contributed by atoms with Crippen LogP contribution in [0.5, 0.6) is 11.5 Å². The zero-order valence-electron chi connectivity index (χ0n) is 16.3. The first-order valence-electron chi connectivity index (χ1n) is 9.84. The zero-order valence-corrected chi connectivity index (χ0v) is 16.3. The number of piperazine rings is 1. The highest BCUT2D eigenvalue weighted by atomic mass is 16.7. The Morgan fingerprint density at radius 3 is 2.40 bits per heavy atom. The Balaban J connectivity index is 1.25. The van der Waals surface area contributed by atoms with Crippen molar-refractivity contribution < 1.29 is 14.3 Å². The fourth-order valence-corrected chi connectivity index (χ4v) is 3.62. The molecule has 2 aliphatic rings. The largest absolute Gasteiger partial charge is 0.454 e. The molecule has 0 spiro atoms. The van der Waals surface area contributed by atoms with Gasteiger partial charge in [0, 0.05) is 55.9 Å². The number of aromatic nitrogens is 2. The van der Waals surface area contributed by atoms with Crippen LogP contribution in [0, 0.1) is 0 Å². The van der Waals surface area contributed by atoms with Crippen LogP contribution in [-0.2, 0) is 0 Å². The molecule has 0 radical (unpaired) electrons. The van der Waals surface area contributed by atoms with Crippen molar-refractivity contribution in [2.75, 3.05) is 48.1 Å². The molecule has 1 saturated heterocycles. The molecule has 3 aromatic rings. The Morgan fingerprint density at radius 1 is 0.833 bits per heavy atom. The van der Waals surface area contributed by atoms with Crippen molar-refractivity contribution in [1.82, 2.24) is 9.97 Å². The first-order valence-corrected chi connectivity index (χ1v) is 9.84. The molecule has 2 aromatic heterocycles. The second-order valence-electron chi connectivity index (χ2n) is 7.09. The number of nitrogens with zero attached hydrogens (tertiary/aromatic N) is 4. The van der Waals surface area contributed by atoms with Crippen molar-refractivity contribution >= 4 is 23.2 Å². The number of amides is 1. The van der Waals surface area contributed by atoms with E-state index in [1.165, 1.54) is 0 Å². The maximum absolute atomic E-state index is 12.7. The first kappa shape index (κ1) is 18.2. The highest BCUT2D eigenvalue weighted by molar-refractivity contribution is 6.04. The Bertz CT molecular complexity index is 1050. The van der Waals surface area contributed by atoms with E-state index in [1.807, 2.05) is 30.5 Å². The van der Waals surface area contributed by atoms with E-state index in [2.05, 4.69) is 25.1 Å². The van der Waals surface area contributed by atoms with Crippen LogP contribution >= 0.6 is 0 Å². The fourth-order valence-electron chi connectivity index (χ4n) is 3.62. The van der Waals surface area contributed by atoms with E-state index in [4.69, 9.17) is 9.47 Å². The van der Waals surface area contributed by atoms with Gasteiger partial charge in [-0.2, -0.15) is 0 Å². The van der Waals surface area contributed by atoms with Gasteiger partial charge in [0.05, 0.1) is 0 Å². The van der Waals surface area contributed by atoms with Crippen LogP contribution in [0.4, 0.5) is 17.3 Å². The van der Waals surface area contributed by atoms with Crippen LogP contribution in [0.3, 0.4) is 0 Å². The van der Waals surface area contributed by atoms with Gasteiger partial charge < -0.3 is 24.6 Å². The minimum absolute atomic E-state index is 0.190. The third kappa shape index (κ3) is 3.71. The minimum atomic E-state index is -0.190. The van der Waals surface area contributed by atoms with Gasteiger partial charge in [0.15, 0.2) is 11.5 Å². The number of anilines is 3. The summed E-state index contributed by atoms with van der Waals surface area (Å²) in [6.45, 7) is 3.54. The van der Waals surface area contributed by atoms with Gasteiger partial charge in [-0.15, -0.1) is 0 Å². The van der Waals surface area contributed by atoms with Crippen LogP contribution in [-0.4, -0.2) is 48.8 Å². The summed E-state index contributed by atoms with van der Waals surface area (Å²) in [5.74, 6) is 2.92. The zero-order chi connectivity index (χ0) is 20.3. The van der Waals surface area contributed by atoms with Crippen LogP contribution < -0.4 is 24.6 Å². The molecule has 8 heteroatoms. The third-order valence-corrected chi connectivity index (χ3v) is 5.22. The first-order chi connectivity index (χ1) is 14.8. The summed E-state index contributed by atoms with van der Waals surface area (Å²) < 4.78 is 10.7. The van der Waals surface area contributed by atoms with E-state index in [0.29, 0.717) is 22.7 Å². The number of hydrogen-bond donors (Lipinski definition) is 1. The van der Waals surface area contributed by atoms with Crippen molar-refractivity contribution in [2.45, 2.75) is 0 Å². The SMILES string of the molecule is O=C(Nc1ccc2c(c1)OCO2)c1ccnc(N2CCN(c3ccccn3)CC2)c1. The summed E-state index contributed by atoms with van der Waals surface area (Å²) in [5, 5.41) is 2.91. The van der Waals surface area contributed by atoms with Gasteiger partial charge in [-0.05, 0) is 36.4 Å². The molecule has 1 amide bonds. The second-order valence-corrected chi connectivity index (χ2v) is 7.09. The lowest BCUT2D eigenvalue weighted by molar-refractivity contribution is 0.102. The molecule has 0 unspecified atom stereocenters. The molecule has 2 aliphatic heterocycles. The molecule has 8 nitrogen and oxygen atoms in total. The molecule has 0 saturated carbocycles. The fraction of sp³-hybridized carbons (Fsp3) is 0.227. The van der Waals surface area contributed by atoms with Gasteiger partial charge in [-0.25, -0.2) is 9.97 Å². The Hall–Kier alpha value is -3.81. The number of hydrogen-bond acceptors (Lipinski definition) is 7. The molecule has 0 bridgehead atoms. The smallest absolute Gasteiger partial charge is 0.255 e. The van der Waals surface area contributed by atoms with E-state index in [-0.39, 0.29) is 12.7 Å². The molecule has 152 valence electrons. The molecule has 1 N–H and O–H groups in total. The van der Waals surface area contributed by atoms with Gasteiger partial charge in [0.1, 0.15) is 11.6 Å². The highest BCUT2D eigenvalue weighted by Gasteiger charge is 2.20. The molecule has 1 fully saturated rings. The lowest BCUT2D eigenvalue weighted by atomic mass is 10.2. The predicted molar refractivity (Wildman–Crippen MR) is 113 cm³/mol. The van der Waals surface area contributed by atoms with Gasteiger partial charge in [-0.3, -0.25) is 4.79 Å². The van der Waals surface area contributed by atoms with Crippen molar-refractivity contribution in [3.05, 3.63) is 66.5 Å². The van der Waals surface area contributed by atoms with Crippen LogP contribution in [0.25, 0.3) is 0 Å². The van der Waals surface area contributed by atoms with E-state index < -0.39 is 0 Å². The summed E-state index contributed by atoms with van der Waals surface area (Å²) in [6.07, 6.45) is 3.49. The van der Waals surface area contributed by atoms with E-state index in [1.54, 1.807) is 30.5 Å². The number of carbonyl (C=O) groups is 1. The highest BCUT2D eigenvalue weighted by Crippen LogP contribution is 2.34. The Morgan fingerprint density at radius 2 is 1.60 bits per heavy atom. The van der Waals surface area contributed by atoms with Crippen LogP contribution in [0.15, 0.2) is 60.9 Å². The second kappa shape index (κ2) is 7.90. The van der Waals surface area contributed by atoms with Crippen LogP contribution in [0.2, 0.25) is 0 Å². The molecule has 1 aromatic carbocycles. The number of carbonyl (C=O) groups excluding carboxylic acids is 1. The van der Waals surface area contributed by atoms with Crippen molar-refractivity contribution in [1.29, 1.82) is 0 Å². The molecule has 4 heterocycles. The number of pyridine rings is 2. The molecule has 30 heavy (non-hydrogen) atoms. The van der Waals surface area contributed by atoms with Gasteiger partial charge >= 0.3 is 0 Å². The quantitative estimate of drug-likeness (QED) is 0.718. The average molecular weight is 403 g/mol. The summed E-state index contributed by atoms with van der Waals surface area (Å²) in [6, 6.07) is 14.8. The maximum Gasteiger partial charge on any atom is 0.255 e. The van der Waals surface area contributed by atoms with Gasteiger partial charge in [-0.1, -0.05) is 6.07 Å². The molecule has 0 atom stereocenters. The average Bonchev–Trinajstić information content (AvgIpc) is 3.28. The van der Waals surface area contributed by atoms with E-state index in [9.17, 15) is 4.79 Å². The Labute approximate surface area is 174 Å². The lowest BCUT2D eigenvalue weighted by Crippen LogP contribution is -2.47. The molecular formula is C22H21N5O3. The summed E-state index contributed by atoms with van der Waals surface area (Å²) in [7, 11) is 0. The van der Waals surface area contributed by atoms with Gasteiger partial charge in [0.25, 0.3) is 5.91 Å². The Kier molecular flexibility index (Phi) is 4.80. The summed E-state index contributed by atoms with van der Waals surface area (Å²) in [5.41, 5.74) is 1.22. The molecular weight excluding hydrogens is 382 g/mol. The predicted octanol–water partition coefficient (Wildman–Crippen LogP) is 2.78. The minimum Gasteiger partial charge on any atom is -0.454 e.